The first-order valence-corrected chi connectivity index (χ1v) is 10.7. The van der Waals surface area contributed by atoms with Crippen molar-refractivity contribution in [2.75, 3.05) is 18.0 Å². The van der Waals surface area contributed by atoms with Crippen molar-refractivity contribution in [2.24, 2.45) is 5.92 Å². The van der Waals surface area contributed by atoms with E-state index in [0.717, 1.165) is 37.2 Å². The molecule has 2 aromatic heterocycles. The lowest BCUT2D eigenvalue weighted by molar-refractivity contribution is -0.140. The third-order valence-electron chi connectivity index (χ3n) is 5.68. The molecular formula is C22H25ClN4O3. The minimum atomic E-state index is -0.788. The van der Waals surface area contributed by atoms with Gasteiger partial charge in [0.05, 0.1) is 11.6 Å². The van der Waals surface area contributed by atoms with Gasteiger partial charge in [-0.05, 0) is 25.0 Å². The number of nitrogens with zero attached hydrogens (tertiary/aromatic N) is 4. The summed E-state index contributed by atoms with van der Waals surface area (Å²) in [5.41, 5.74) is 1.42. The average Bonchev–Trinajstić information content (AvgIpc) is 3.38. The van der Waals surface area contributed by atoms with E-state index in [0.29, 0.717) is 36.0 Å². The van der Waals surface area contributed by atoms with Gasteiger partial charge < -0.3 is 10.0 Å². The fourth-order valence-electron chi connectivity index (χ4n) is 4.01. The molecule has 0 spiro atoms. The molecule has 3 aromatic rings. The number of hydrogen-bond acceptors (Lipinski definition) is 4. The number of hydrogen-bond donors (Lipinski definition) is 1. The Bertz CT molecular complexity index is 1120. The van der Waals surface area contributed by atoms with Gasteiger partial charge in [-0.15, -0.1) is 0 Å². The van der Waals surface area contributed by atoms with Crippen molar-refractivity contribution in [1.82, 2.24) is 14.0 Å². The molecule has 30 heavy (non-hydrogen) atoms. The summed E-state index contributed by atoms with van der Waals surface area (Å²) in [5, 5.41) is 10.0. The van der Waals surface area contributed by atoms with Crippen molar-refractivity contribution in [3.8, 4) is 11.3 Å². The summed E-state index contributed by atoms with van der Waals surface area (Å²) in [6.07, 6.45) is 5.45. The standard InChI is InChI=1S/C22H25ClN4O3/c1-2-3-4-10-26-19(25-11-9-16(13-25)21(29)30)12-20(28)27-14-18(24-22(26)27)15-5-7-17(23)8-6-15/h5-8,12,14,16H,2-4,9-11,13H2,1H3,(H,29,30)/t16-/m0/s1. The molecule has 1 aliphatic heterocycles. The molecular weight excluding hydrogens is 404 g/mol. The van der Waals surface area contributed by atoms with Crippen LogP contribution in [0.1, 0.15) is 32.6 Å². The highest BCUT2D eigenvalue weighted by Gasteiger charge is 2.30. The number of unbranched alkanes of at least 4 members (excludes halogenated alkanes) is 2. The lowest BCUT2D eigenvalue weighted by Crippen LogP contribution is -2.29. The first kappa shape index (κ1) is 20.5. The number of halogens is 1. The molecule has 0 aliphatic carbocycles. The molecule has 1 fully saturated rings. The lowest BCUT2D eigenvalue weighted by atomic mass is 10.1. The number of imidazole rings is 1. The van der Waals surface area contributed by atoms with E-state index in [4.69, 9.17) is 16.6 Å². The molecule has 1 saturated heterocycles. The van der Waals surface area contributed by atoms with Crippen LogP contribution in [-0.4, -0.2) is 38.1 Å². The number of anilines is 1. The normalized spacial score (nSPS) is 16.5. The second-order valence-corrected chi connectivity index (χ2v) is 8.21. The van der Waals surface area contributed by atoms with E-state index in [-0.39, 0.29) is 5.56 Å². The molecule has 7 nitrogen and oxygen atoms in total. The fourth-order valence-corrected chi connectivity index (χ4v) is 4.14. The Kier molecular flexibility index (Phi) is 5.81. The van der Waals surface area contributed by atoms with Crippen LogP contribution in [-0.2, 0) is 11.3 Å². The van der Waals surface area contributed by atoms with E-state index in [1.54, 1.807) is 28.8 Å². The Morgan fingerprint density at radius 3 is 2.70 bits per heavy atom. The molecule has 1 N–H and O–H groups in total. The van der Waals surface area contributed by atoms with Crippen LogP contribution in [0.2, 0.25) is 5.02 Å². The second kappa shape index (κ2) is 8.52. The summed E-state index contributed by atoms with van der Waals surface area (Å²) in [4.78, 5) is 31.1. The highest BCUT2D eigenvalue weighted by molar-refractivity contribution is 6.30. The number of aliphatic carboxylic acids is 1. The minimum Gasteiger partial charge on any atom is -0.481 e. The molecule has 1 aliphatic rings. The minimum absolute atomic E-state index is 0.168. The van der Waals surface area contributed by atoms with E-state index in [9.17, 15) is 14.7 Å². The number of carboxylic acid groups (broad SMARTS) is 1. The second-order valence-electron chi connectivity index (χ2n) is 7.77. The van der Waals surface area contributed by atoms with E-state index in [1.165, 1.54) is 0 Å². The van der Waals surface area contributed by atoms with Crippen LogP contribution < -0.4 is 10.5 Å². The predicted octanol–water partition coefficient (Wildman–Crippen LogP) is 3.92. The molecule has 4 rings (SSSR count). The first-order chi connectivity index (χ1) is 14.5. The van der Waals surface area contributed by atoms with E-state index >= 15 is 0 Å². The summed E-state index contributed by atoms with van der Waals surface area (Å²) in [6.45, 7) is 3.89. The third-order valence-corrected chi connectivity index (χ3v) is 5.93. The molecule has 1 atom stereocenters. The van der Waals surface area contributed by atoms with Crippen LogP contribution in [0.4, 0.5) is 5.82 Å². The molecule has 0 unspecified atom stereocenters. The van der Waals surface area contributed by atoms with Gasteiger partial charge in [-0.25, -0.2) is 4.98 Å². The molecule has 8 heteroatoms. The Balaban J connectivity index is 1.80. The molecule has 1 aromatic carbocycles. The Hall–Kier alpha value is -2.80. The van der Waals surface area contributed by atoms with E-state index in [2.05, 4.69) is 11.5 Å². The summed E-state index contributed by atoms with van der Waals surface area (Å²) in [5.74, 6) is 0.132. The number of carbonyl (C=O) groups is 1. The zero-order valence-electron chi connectivity index (χ0n) is 16.9. The Labute approximate surface area is 179 Å². The average molecular weight is 429 g/mol. The SMILES string of the molecule is CCCCCn1c(N2CC[C@H](C(=O)O)C2)cc(=O)n2cc(-c3ccc(Cl)cc3)nc12. The number of fused-ring (bicyclic) bond motifs is 1. The number of rotatable bonds is 7. The zero-order valence-corrected chi connectivity index (χ0v) is 17.7. The van der Waals surface area contributed by atoms with E-state index < -0.39 is 11.9 Å². The van der Waals surface area contributed by atoms with Gasteiger partial charge in [0.1, 0.15) is 5.82 Å². The van der Waals surface area contributed by atoms with Crippen molar-refractivity contribution in [3.63, 3.8) is 0 Å². The van der Waals surface area contributed by atoms with Crippen molar-refractivity contribution < 1.29 is 9.90 Å². The largest absolute Gasteiger partial charge is 0.481 e. The third kappa shape index (κ3) is 3.94. The van der Waals surface area contributed by atoms with Gasteiger partial charge in [-0.1, -0.05) is 43.5 Å². The summed E-state index contributed by atoms with van der Waals surface area (Å²) in [7, 11) is 0. The Morgan fingerprint density at radius 1 is 1.27 bits per heavy atom. The van der Waals surface area contributed by atoms with Gasteiger partial charge in [-0.3, -0.25) is 18.6 Å². The maximum Gasteiger partial charge on any atom is 0.308 e. The summed E-state index contributed by atoms with van der Waals surface area (Å²) in [6, 6.07) is 8.98. The molecule has 0 amide bonds. The quantitative estimate of drug-likeness (QED) is 0.577. The highest BCUT2D eigenvalue weighted by atomic mass is 35.5. The van der Waals surface area contributed by atoms with Crippen molar-refractivity contribution in [1.29, 1.82) is 0 Å². The predicted molar refractivity (Wildman–Crippen MR) is 117 cm³/mol. The van der Waals surface area contributed by atoms with Crippen LogP contribution in [0.25, 0.3) is 17.0 Å². The van der Waals surface area contributed by atoms with Crippen LogP contribution in [0.5, 0.6) is 0 Å². The molecule has 158 valence electrons. The lowest BCUT2D eigenvalue weighted by Gasteiger charge is -2.23. The zero-order chi connectivity index (χ0) is 21.3. The van der Waals surface area contributed by atoms with Gasteiger partial charge in [0, 0.05) is 42.5 Å². The smallest absolute Gasteiger partial charge is 0.308 e. The van der Waals surface area contributed by atoms with Crippen molar-refractivity contribution in [2.45, 2.75) is 39.2 Å². The molecule has 3 heterocycles. The number of benzene rings is 1. The van der Waals surface area contributed by atoms with Crippen LogP contribution in [0.3, 0.4) is 0 Å². The van der Waals surface area contributed by atoms with Crippen LogP contribution in [0.15, 0.2) is 41.3 Å². The highest BCUT2D eigenvalue weighted by Crippen LogP contribution is 2.27. The van der Waals surface area contributed by atoms with Crippen molar-refractivity contribution >= 4 is 29.2 Å². The van der Waals surface area contributed by atoms with Crippen LogP contribution >= 0.6 is 11.6 Å². The molecule has 0 radical (unpaired) electrons. The van der Waals surface area contributed by atoms with Gasteiger partial charge in [0.2, 0.25) is 5.78 Å². The van der Waals surface area contributed by atoms with Crippen LogP contribution in [0, 0.1) is 5.92 Å². The monoisotopic (exact) mass is 428 g/mol. The van der Waals surface area contributed by atoms with Gasteiger partial charge in [0.25, 0.3) is 5.56 Å². The van der Waals surface area contributed by atoms with Gasteiger partial charge >= 0.3 is 5.97 Å². The summed E-state index contributed by atoms with van der Waals surface area (Å²) >= 11 is 6.00. The Morgan fingerprint density at radius 2 is 2.03 bits per heavy atom. The van der Waals surface area contributed by atoms with Gasteiger partial charge in [0.15, 0.2) is 0 Å². The fraction of sp³-hybridized carbons (Fsp3) is 0.409. The number of aromatic nitrogens is 3. The topological polar surface area (TPSA) is 79.8 Å². The molecule has 0 saturated carbocycles. The number of aryl methyl sites for hydroxylation is 1. The summed E-state index contributed by atoms with van der Waals surface area (Å²) < 4.78 is 3.63. The van der Waals surface area contributed by atoms with Gasteiger partial charge in [-0.2, -0.15) is 0 Å². The first-order valence-electron chi connectivity index (χ1n) is 10.3. The maximum atomic E-state index is 12.9. The maximum absolute atomic E-state index is 12.9. The van der Waals surface area contributed by atoms with Crippen molar-refractivity contribution in [3.05, 3.63) is 51.9 Å². The molecule has 0 bridgehead atoms. The number of carboxylic acids is 1. The van der Waals surface area contributed by atoms with E-state index in [1.807, 2.05) is 17.0 Å².